The van der Waals surface area contributed by atoms with E-state index in [-0.39, 0.29) is 24.3 Å². The van der Waals surface area contributed by atoms with Gasteiger partial charge >= 0.3 is 6.09 Å². The number of aryl methyl sites for hydroxylation is 1. The van der Waals surface area contributed by atoms with Gasteiger partial charge in [-0.15, -0.1) is 0 Å². The van der Waals surface area contributed by atoms with Gasteiger partial charge in [-0.05, 0) is 31.0 Å². The predicted molar refractivity (Wildman–Crippen MR) is 108 cm³/mol. The first-order valence-corrected chi connectivity index (χ1v) is 9.44. The Morgan fingerprint density at radius 2 is 2.07 bits per heavy atom. The summed E-state index contributed by atoms with van der Waals surface area (Å²) in [5, 5.41) is 13.5. The zero-order chi connectivity index (χ0) is 21.0. The average Bonchev–Trinajstić information content (AvgIpc) is 2.99. The zero-order valence-electron chi connectivity index (χ0n) is 16.7. The third kappa shape index (κ3) is 4.96. The number of carboxylic acid groups (broad SMARTS) is 1. The zero-order valence-corrected chi connectivity index (χ0v) is 16.7. The molecule has 1 aliphatic heterocycles. The number of nitrogens with zero attached hydrogens (tertiary/aromatic N) is 1. The molecule has 1 aliphatic rings. The van der Waals surface area contributed by atoms with Crippen LogP contribution in [0.3, 0.4) is 0 Å². The lowest BCUT2D eigenvalue weighted by Gasteiger charge is -2.19. The first-order valence-electron chi connectivity index (χ1n) is 9.44. The predicted octanol–water partition coefficient (Wildman–Crippen LogP) is 3.84. The first-order chi connectivity index (χ1) is 13.8. The molecule has 0 saturated carbocycles. The number of amides is 2. The van der Waals surface area contributed by atoms with E-state index in [1.54, 1.807) is 12.1 Å². The molecule has 0 bridgehead atoms. The number of pyridine rings is 1. The van der Waals surface area contributed by atoms with Gasteiger partial charge in [0.2, 0.25) is 11.8 Å². The number of ether oxygens (including phenoxy) is 2. The van der Waals surface area contributed by atoms with E-state index in [4.69, 9.17) is 14.6 Å². The smallest absolute Gasteiger partial charge is 0.404 e. The van der Waals surface area contributed by atoms with Crippen LogP contribution in [0.2, 0.25) is 0 Å². The summed E-state index contributed by atoms with van der Waals surface area (Å²) < 4.78 is 11.9. The third-order valence-corrected chi connectivity index (χ3v) is 4.66. The van der Waals surface area contributed by atoms with Gasteiger partial charge in [-0.25, -0.2) is 9.78 Å². The van der Waals surface area contributed by atoms with Crippen LogP contribution in [-0.4, -0.2) is 35.2 Å². The van der Waals surface area contributed by atoms with E-state index < -0.39 is 6.09 Å². The van der Waals surface area contributed by atoms with Crippen LogP contribution in [0.15, 0.2) is 30.5 Å². The lowest BCUT2D eigenvalue weighted by atomic mass is 9.85. The quantitative estimate of drug-likeness (QED) is 0.610. The molecule has 0 saturated heterocycles. The standard InChI is InChI=1S/C21H25N3O5/c1-13-6-8-15(18-19(13)28-12-21(18,2)3)29-17-9-7-14(11-23-17)24-16(25)5-4-10-22-20(26)27/h6-9,11,22H,4-5,10,12H2,1-3H3,(H,24,25)(H,26,27). The van der Waals surface area contributed by atoms with Crippen molar-refractivity contribution in [1.82, 2.24) is 10.3 Å². The first kappa shape index (κ1) is 20.4. The second-order valence-corrected chi connectivity index (χ2v) is 7.63. The van der Waals surface area contributed by atoms with Gasteiger partial charge in [0, 0.05) is 30.0 Å². The van der Waals surface area contributed by atoms with Crippen LogP contribution >= 0.6 is 0 Å². The van der Waals surface area contributed by atoms with Crippen LogP contribution in [0.1, 0.15) is 37.8 Å². The fraction of sp³-hybridized carbons (Fsp3) is 0.381. The molecule has 29 heavy (non-hydrogen) atoms. The monoisotopic (exact) mass is 399 g/mol. The van der Waals surface area contributed by atoms with Crippen molar-refractivity contribution < 1.29 is 24.2 Å². The van der Waals surface area contributed by atoms with Crippen molar-refractivity contribution in [2.24, 2.45) is 0 Å². The number of aromatic nitrogens is 1. The molecule has 0 spiro atoms. The van der Waals surface area contributed by atoms with E-state index in [2.05, 4.69) is 29.5 Å². The Morgan fingerprint density at radius 3 is 2.76 bits per heavy atom. The number of benzene rings is 1. The topological polar surface area (TPSA) is 110 Å². The highest BCUT2D eigenvalue weighted by Gasteiger charge is 2.36. The Labute approximate surface area is 169 Å². The largest absolute Gasteiger partial charge is 0.492 e. The second kappa shape index (κ2) is 8.38. The van der Waals surface area contributed by atoms with Gasteiger partial charge in [0.1, 0.15) is 11.5 Å². The summed E-state index contributed by atoms with van der Waals surface area (Å²) in [4.78, 5) is 26.6. The molecule has 8 heteroatoms. The molecule has 0 fully saturated rings. The highest BCUT2D eigenvalue weighted by Crippen LogP contribution is 2.46. The number of hydrogen-bond acceptors (Lipinski definition) is 5. The summed E-state index contributed by atoms with van der Waals surface area (Å²) in [6, 6.07) is 7.29. The molecule has 8 nitrogen and oxygen atoms in total. The normalized spacial score (nSPS) is 13.9. The van der Waals surface area contributed by atoms with Gasteiger partial charge in [-0.3, -0.25) is 4.79 Å². The molecule has 1 aromatic carbocycles. The number of hydrogen-bond donors (Lipinski definition) is 3. The Hall–Kier alpha value is -3.29. The molecule has 2 heterocycles. The van der Waals surface area contributed by atoms with E-state index in [0.717, 1.165) is 16.9 Å². The Morgan fingerprint density at radius 1 is 1.28 bits per heavy atom. The summed E-state index contributed by atoms with van der Waals surface area (Å²) >= 11 is 0. The lowest BCUT2D eigenvalue weighted by Crippen LogP contribution is -2.23. The van der Waals surface area contributed by atoms with E-state index >= 15 is 0 Å². The van der Waals surface area contributed by atoms with Gasteiger partial charge in [-0.2, -0.15) is 0 Å². The van der Waals surface area contributed by atoms with E-state index in [9.17, 15) is 9.59 Å². The lowest BCUT2D eigenvalue weighted by molar-refractivity contribution is -0.116. The molecule has 2 amide bonds. The van der Waals surface area contributed by atoms with Crippen LogP contribution in [0.25, 0.3) is 0 Å². The van der Waals surface area contributed by atoms with Crippen LogP contribution in [0.5, 0.6) is 17.4 Å². The average molecular weight is 399 g/mol. The van der Waals surface area contributed by atoms with Gasteiger partial charge in [0.05, 0.1) is 18.5 Å². The minimum Gasteiger partial charge on any atom is -0.492 e. The van der Waals surface area contributed by atoms with Crippen molar-refractivity contribution in [2.75, 3.05) is 18.5 Å². The van der Waals surface area contributed by atoms with Gasteiger partial charge in [0.25, 0.3) is 0 Å². The third-order valence-electron chi connectivity index (χ3n) is 4.66. The number of carbonyl (C=O) groups is 2. The number of nitrogens with one attached hydrogen (secondary N) is 2. The Balaban J connectivity index is 1.61. The van der Waals surface area contributed by atoms with Crippen molar-refractivity contribution in [3.8, 4) is 17.4 Å². The van der Waals surface area contributed by atoms with Crippen LogP contribution in [-0.2, 0) is 10.2 Å². The van der Waals surface area contributed by atoms with Gasteiger partial charge < -0.3 is 25.2 Å². The fourth-order valence-corrected chi connectivity index (χ4v) is 3.20. The number of carbonyl (C=O) groups excluding carboxylic acids is 1. The van der Waals surface area contributed by atoms with Crippen molar-refractivity contribution in [1.29, 1.82) is 0 Å². The highest BCUT2D eigenvalue weighted by molar-refractivity contribution is 5.90. The SMILES string of the molecule is Cc1ccc(Oc2ccc(NC(=O)CCCNC(=O)O)cn2)c2c1OCC2(C)C. The Bertz CT molecular complexity index is 909. The molecule has 0 atom stereocenters. The molecule has 2 aromatic rings. The van der Waals surface area contributed by atoms with Gasteiger partial charge in [0.15, 0.2) is 0 Å². The molecular weight excluding hydrogens is 374 g/mol. The maximum absolute atomic E-state index is 11.9. The Kier molecular flexibility index (Phi) is 5.91. The fourth-order valence-electron chi connectivity index (χ4n) is 3.20. The summed E-state index contributed by atoms with van der Waals surface area (Å²) in [6.07, 6.45) is 1.06. The minimum atomic E-state index is -1.10. The molecule has 3 N–H and O–H groups in total. The number of fused-ring (bicyclic) bond motifs is 1. The molecule has 154 valence electrons. The molecular formula is C21H25N3O5. The van der Waals surface area contributed by atoms with Crippen molar-refractivity contribution in [3.05, 3.63) is 41.6 Å². The number of rotatable bonds is 7. The summed E-state index contributed by atoms with van der Waals surface area (Å²) in [5.74, 6) is 1.79. The molecule has 0 aliphatic carbocycles. The maximum atomic E-state index is 11.9. The van der Waals surface area contributed by atoms with E-state index in [1.807, 2.05) is 19.1 Å². The van der Waals surface area contributed by atoms with E-state index in [1.165, 1.54) is 6.20 Å². The molecule has 0 unspecified atom stereocenters. The van der Waals surface area contributed by atoms with Crippen molar-refractivity contribution in [3.63, 3.8) is 0 Å². The molecule has 3 rings (SSSR count). The minimum absolute atomic E-state index is 0.153. The maximum Gasteiger partial charge on any atom is 0.404 e. The second-order valence-electron chi connectivity index (χ2n) is 7.63. The van der Waals surface area contributed by atoms with E-state index in [0.29, 0.717) is 30.3 Å². The number of anilines is 1. The molecule has 0 radical (unpaired) electrons. The van der Waals surface area contributed by atoms with Crippen molar-refractivity contribution in [2.45, 2.75) is 39.0 Å². The summed E-state index contributed by atoms with van der Waals surface area (Å²) in [6.45, 7) is 7.07. The highest BCUT2D eigenvalue weighted by atomic mass is 16.5. The van der Waals surface area contributed by atoms with Crippen LogP contribution in [0.4, 0.5) is 10.5 Å². The van der Waals surface area contributed by atoms with Crippen molar-refractivity contribution >= 4 is 17.7 Å². The molecule has 1 aromatic heterocycles. The van der Waals surface area contributed by atoms with Crippen LogP contribution in [0, 0.1) is 6.92 Å². The van der Waals surface area contributed by atoms with Crippen LogP contribution < -0.4 is 20.1 Å². The van der Waals surface area contributed by atoms with Gasteiger partial charge in [-0.1, -0.05) is 19.9 Å². The summed E-state index contributed by atoms with van der Waals surface area (Å²) in [7, 11) is 0. The summed E-state index contributed by atoms with van der Waals surface area (Å²) in [5.41, 5.74) is 2.50.